The summed E-state index contributed by atoms with van der Waals surface area (Å²) in [5.41, 5.74) is 7.93. The third-order valence-corrected chi connectivity index (χ3v) is 2.96. The van der Waals surface area contributed by atoms with Crippen molar-refractivity contribution >= 4 is 5.97 Å². The van der Waals surface area contributed by atoms with Crippen LogP contribution in [-0.2, 0) is 17.7 Å². The number of hydrogen-bond donors (Lipinski definition) is 1. The molecule has 0 saturated heterocycles. The second-order valence-electron chi connectivity index (χ2n) is 4.48. The highest BCUT2D eigenvalue weighted by Gasteiger charge is 2.08. The van der Waals surface area contributed by atoms with Crippen LogP contribution in [0.3, 0.4) is 0 Å². The van der Waals surface area contributed by atoms with Crippen LogP contribution in [0, 0.1) is 0 Å². The van der Waals surface area contributed by atoms with E-state index < -0.39 is 0 Å². The Bertz CT molecular complexity index is 538. The molecule has 4 nitrogen and oxygen atoms in total. The molecular weight excluding hydrogens is 252 g/mol. The molecule has 20 heavy (non-hydrogen) atoms. The maximum Gasteiger partial charge on any atom is 0.356 e. The summed E-state index contributed by atoms with van der Waals surface area (Å²) in [5, 5.41) is 0. The number of nitrogens with zero attached hydrogens (tertiary/aromatic N) is 1. The van der Waals surface area contributed by atoms with Crippen molar-refractivity contribution in [1.82, 2.24) is 4.98 Å². The first-order chi connectivity index (χ1) is 9.79. The number of nitrogens with two attached hydrogens (primary N) is 1. The van der Waals surface area contributed by atoms with E-state index in [1.54, 1.807) is 18.3 Å². The van der Waals surface area contributed by atoms with Crippen molar-refractivity contribution < 1.29 is 9.53 Å². The minimum atomic E-state index is -0.387. The average molecular weight is 270 g/mol. The van der Waals surface area contributed by atoms with E-state index >= 15 is 0 Å². The van der Waals surface area contributed by atoms with Crippen LogP contribution in [0.2, 0.25) is 0 Å². The van der Waals surface area contributed by atoms with Crippen molar-refractivity contribution in [3.63, 3.8) is 0 Å². The Morgan fingerprint density at radius 3 is 2.55 bits per heavy atom. The van der Waals surface area contributed by atoms with Gasteiger partial charge in [0.15, 0.2) is 0 Å². The Morgan fingerprint density at radius 1 is 1.10 bits per heavy atom. The van der Waals surface area contributed by atoms with Gasteiger partial charge in [-0.15, -0.1) is 0 Å². The van der Waals surface area contributed by atoms with Gasteiger partial charge in [-0.05, 0) is 30.0 Å². The smallest absolute Gasteiger partial charge is 0.356 e. The number of esters is 1. The highest BCUT2D eigenvalue weighted by molar-refractivity contribution is 5.87. The maximum atomic E-state index is 11.7. The van der Waals surface area contributed by atoms with E-state index in [1.165, 1.54) is 5.56 Å². The summed E-state index contributed by atoms with van der Waals surface area (Å²) >= 11 is 0. The first kappa shape index (κ1) is 14.2. The van der Waals surface area contributed by atoms with Gasteiger partial charge < -0.3 is 10.5 Å². The van der Waals surface area contributed by atoms with Crippen LogP contribution in [0.25, 0.3) is 0 Å². The molecule has 0 fully saturated rings. The number of carbonyl (C=O) groups excluding carboxylic acids is 1. The molecule has 1 aromatic carbocycles. The average Bonchev–Trinajstić information content (AvgIpc) is 2.52. The molecule has 1 aromatic heterocycles. The molecule has 2 aromatic rings. The summed E-state index contributed by atoms with van der Waals surface area (Å²) in [6, 6.07) is 13.5. The quantitative estimate of drug-likeness (QED) is 0.646. The zero-order valence-electron chi connectivity index (χ0n) is 11.3. The van der Waals surface area contributed by atoms with E-state index in [0.717, 1.165) is 18.4 Å². The predicted molar refractivity (Wildman–Crippen MR) is 77.2 cm³/mol. The van der Waals surface area contributed by atoms with Gasteiger partial charge in [-0.25, -0.2) is 9.78 Å². The number of carbonyl (C=O) groups is 1. The molecule has 0 spiro atoms. The van der Waals surface area contributed by atoms with E-state index in [2.05, 4.69) is 17.1 Å². The molecule has 2 rings (SSSR count). The molecular formula is C16H18N2O2. The summed E-state index contributed by atoms with van der Waals surface area (Å²) in [6.45, 7) is 0.813. The predicted octanol–water partition coefficient (Wildman–Crippen LogP) is 2.33. The Balaban J connectivity index is 1.74. The van der Waals surface area contributed by atoms with Crippen molar-refractivity contribution in [2.75, 3.05) is 6.61 Å². The summed E-state index contributed by atoms with van der Waals surface area (Å²) < 4.78 is 5.19. The molecule has 0 unspecified atom stereocenters. The SMILES string of the molecule is NCc1ccc(C(=O)OCCCc2ccccc2)nc1. The first-order valence-corrected chi connectivity index (χ1v) is 6.65. The Morgan fingerprint density at radius 2 is 1.90 bits per heavy atom. The van der Waals surface area contributed by atoms with Crippen molar-refractivity contribution in [1.29, 1.82) is 0 Å². The fourth-order valence-corrected chi connectivity index (χ4v) is 1.83. The van der Waals surface area contributed by atoms with Crippen molar-refractivity contribution in [3.8, 4) is 0 Å². The van der Waals surface area contributed by atoms with E-state index in [1.807, 2.05) is 18.2 Å². The van der Waals surface area contributed by atoms with Crippen LogP contribution >= 0.6 is 0 Å². The molecule has 0 atom stereocenters. The van der Waals surface area contributed by atoms with Crippen LogP contribution in [0.15, 0.2) is 48.7 Å². The lowest BCUT2D eigenvalue weighted by molar-refractivity contribution is 0.0493. The fourth-order valence-electron chi connectivity index (χ4n) is 1.83. The molecule has 4 heteroatoms. The molecule has 1 heterocycles. The van der Waals surface area contributed by atoms with Gasteiger partial charge in [0, 0.05) is 12.7 Å². The summed E-state index contributed by atoms with van der Waals surface area (Å²) in [5.74, 6) is -0.387. The molecule has 104 valence electrons. The lowest BCUT2D eigenvalue weighted by Gasteiger charge is -2.05. The first-order valence-electron chi connectivity index (χ1n) is 6.65. The van der Waals surface area contributed by atoms with Crippen LogP contribution < -0.4 is 5.73 Å². The van der Waals surface area contributed by atoms with Gasteiger partial charge in [0.05, 0.1) is 6.61 Å². The number of pyridine rings is 1. The fraction of sp³-hybridized carbons (Fsp3) is 0.250. The minimum absolute atomic E-state index is 0.321. The molecule has 2 N–H and O–H groups in total. The van der Waals surface area contributed by atoms with Crippen LogP contribution in [0.1, 0.15) is 28.0 Å². The number of hydrogen-bond acceptors (Lipinski definition) is 4. The van der Waals surface area contributed by atoms with E-state index in [0.29, 0.717) is 18.8 Å². The van der Waals surface area contributed by atoms with Crippen molar-refractivity contribution in [2.45, 2.75) is 19.4 Å². The third-order valence-electron chi connectivity index (χ3n) is 2.96. The van der Waals surface area contributed by atoms with Gasteiger partial charge in [0.2, 0.25) is 0 Å². The lowest BCUT2D eigenvalue weighted by Crippen LogP contribution is -2.09. The second kappa shape index (κ2) is 7.40. The zero-order chi connectivity index (χ0) is 14.2. The zero-order valence-corrected chi connectivity index (χ0v) is 11.3. The van der Waals surface area contributed by atoms with Crippen molar-refractivity contribution in [3.05, 3.63) is 65.5 Å². The lowest BCUT2D eigenvalue weighted by atomic mass is 10.1. The summed E-state index contributed by atoms with van der Waals surface area (Å²) in [7, 11) is 0. The molecule has 0 aliphatic carbocycles. The Labute approximate surface area is 118 Å². The van der Waals surface area contributed by atoms with E-state index in [9.17, 15) is 4.79 Å². The molecule has 0 bridgehead atoms. The number of rotatable bonds is 6. The van der Waals surface area contributed by atoms with Crippen LogP contribution in [0.5, 0.6) is 0 Å². The monoisotopic (exact) mass is 270 g/mol. The molecule has 0 saturated carbocycles. The van der Waals surface area contributed by atoms with Crippen LogP contribution in [-0.4, -0.2) is 17.6 Å². The molecule has 0 amide bonds. The maximum absolute atomic E-state index is 11.7. The van der Waals surface area contributed by atoms with E-state index in [4.69, 9.17) is 10.5 Å². The largest absolute Gasteiger partial charge is 0.461 e. The van der Waals surface area contributed by atoms with Gasteiger partial charge in [0.25, 0.3) is 0 Å². The van der Waals surface area contributed by atoms with Gasteiger partial charge in [-0.2, -0.15) is 0 Å². The minimum Gasteiger partial charge on any atom is -0.461 e. The summed E-state index contributed by atoms with van der Waals surface area (Å²) in [4.78, 5) is 15.8. The van der Waals surface area contributed by atoms with E-state index in [-0.39, 0.29) is 5.97 Å². The number of aryl methyl sites for hydroxylation is 1. The molecule has 0 aliphatic rings. The van der Waals surface area contributed by atoms with Gasteiger partial charge in [-0.3, -0.25) is 0 Å². The Hall–Kier alpha value is -2.20. The second-order valence-corrected chi connectivity index (χ2v) is 4.48. The van der Waals surface area contributed by atoms with Gasteiger partial charge in [-0.1, -0.05) is 36.4 Å². The number of benzene rings is 1. The standard InChI is InChI=1S/C16H18N2O2/c17-11-14-8-9-15(18-12-14)16(19)20-10-4-7-13-5-2-1-3-6-13/h1-3,5-6,8-9,12H,4,7,10-11,17H2. The highest BCUT2D eigenvalue weighted by Crippen LogP contribution is 2.05. The highest BCUT2D eigenvalue weighted by atomic mass is 16.5. The van der Waals surface area contributed by atoms with Crippen molar-refractivity contribution in [2.24, 2.45) is 5.73 Å². The normalized spacial score (nSPS) is 10.2. The number of aromatic nitrogens is 1. The Kier molecular flexibility index (Phi) is 5.26. The third kappa shape index (κ3) is 4.17. The topological polar surface area (TPSA) is 65.2 Å². The summed E-state index contributed by atoms with van der Waals surface area (Å²) in [6.07, 6.45) is 3.30. The number of ether oxygens (including phenoxy) is 1. The van der Waals surface area contributed by atoms with Gasteiger partial charge >= 0.3 is 5.97 Å². The molecule has 0 radical (unpaired) electrons. The van der Waals surface area contributed by atoms with Gasteiger partial charge in [0.1, 0.15) is 5.69 Å². The molecule has 0 aliphatic heterocycles. The van der Waals surface area contributed by atoms with Crippen LogP contribution in [0.4, 0.5) is 0 Å².